The van der Waals surface area contributed by atoms with Crippen LogP contribution in [0.5, 0.6) is 0 Å². The van der Waals surface area contributed by atoms with Crippen molar-refractivity contribution in [2.45, 2.75) is 37.8 Å². The highest BCUT2D eigenvalue weighted by atomic mass is 32.1. The Morgan fingerprint density at radius 2 is 2.38 bits per heavy atom. The summed E-state index contributed by atoms with van der Waals surface area (Å²) in [6.45, 7) is 3.07. The van der Waals surface area contributed by atoms with Crippen LogP contribution >= 0.6 is 11.3 Å². The minimum absolute atomic E-state index is 0.0184. The van der Waals surface area contributed by atoms with Crippen molar-refractivity contribution in [3.05, 3.63) is 40.2 Å². The molecule has 2 aromatic heterocycles. The van der Waals surface area contributed by atoms with Gasteiger partial charge in [-0.1, -0.05) is 6.07 Å². The van der Waals surface area contributed by atoms with Crippen molar-refractivity contribution in [1.29, 1.82) is 0 Å². The van der Waals surface area contributed by atoms with Gasteiger partial charge in [-0.15, -0.1) is 21.5 Å². The Morgan fingerprint density at radius 3 is 3.12 bits per heavy atom. The lowest BCUT2D eigenvalue weighted by Gasteiger charge is -2.39. The maximum atomic E-state index is 12.7. The number of rotatable bonds is 3. The minimum atomic E-state index is 0.0184. The molecule has 24 heavy (non-hydrogen) atoms. The quantitative estimate of drug-likeness (QED) is 0.800. The average molecular weight is 345 g/mol. The number of hydrogen-bond donors (Lipinski definition) is 0. The number of likely N-dealkylation sites (tertiary alicyclic amines) is 1. The summed E-state index contributed by atoms with van der Waals surface area (Å²) in [6.07, 6.45) is 5.29. The third-order valence-corrected chi connectivity index (χ3v) is 5.45. The van der Waals surface area contributed by atoms with Crippen LogP contribution in [0, 0.1) is 6.92 Å². The summed E-state index contributed by atoms with van der Waals surface area (Å²) < 4.78 is 11.4. The second kappa shape index (κ2) is 6.49. The summed E-state index contributed by atoms with van der Waals surface area (Å²) in [5.41, 5.74) is 0. The van der Waals surface area contributed by atoms with Gasteiger partial charge in [0.25, 0.3) is 0 Å². The number of piperidine rings is 1. The van der Waals surface area contributed by atoms with Crippen LogP contribution in [-0.4, -0.2) is 46.3 Å². The van der Waals surface area contributed by atoms with Crippen LogP contribution < -0.4 is 0 Å². The Labute approximate surface area is 144 Å². The maximum absolute atomic E-state index is 12.7. The third-order valence-electron chi connectivity index (χ3n) is 4.62. The number of carbonyl (C=O) groups is 1. The molecule has 0 aromatic carbocycles. The fraction of sp³-hybridized carbons (Fsp3) is 0.471. The number of carbonyl (C=O) groups excluding carboxylic acids is 1. The predicted molar refractivity (Wildman–Crippen MR) is 89.6 cm³/mol. The molecule has 2 aliphatic rings. The highest BCUT2D eigenvalue weighted by molar-refractivity contribution is 7.10. The van der Waals surface area contributed by atoms with E-state index < -0.39 is 0 Å². The molecule has 2 saturated heterocycles. The van der Waals surface area contributed by atoms with Gasteiger partial charge in [0.05, 0.1) is 18.1 Å². The SMILES string of the molecule is Cc1nnc([C@@H]2C[C@H]3OCC[C@H]3N(C(=O)/C=C/c3cccs3)C2)o1. The Kier molecular flexibility index (Phi) is 4.20. The van der Waals surface area contributed by atoms with Gasteiger partial charge in [-0.25, -0.2) is 0 Å². The van der Waals surface area contributed by atoms with Crippen molar-refractivity contribution in [1.82, 2.24) is 15.1 Å². The number of nitrogens with zero attached hydrogens (tertiary/aromatic N) is 3. The van der Waals surface area contributed by atoms with E-state index in [-0.39, 0.29) is 24.0 Å². The lowest BCUT2D eigenvalue weighted by atomic mass is 9.90. The van der Waals surface area contributed by atoms with E-state index in [1.807, 2.05) is 28.5 Å². The van der Waals surface area contributed by atoms with Crippen LogP contribution in [0.4, 0.5) is 0 Å². The van der Waals surface area contributed by atoms with Gasteiger partial charge < -0.3 is 14.1 Å². The van der Waals surface area contributed by atoms with Crippen molar-refractivity contribution in [2.24, 2.45) is 0 Å². The van der Waals surface area contributed by atoms with Crippen molar-refractivity contribution < 1.29 is 13.9 Å². The third kappa shape index (κ3) is 3.01. The molecular weight excluding hydrogens is 326 g/mol. The van der Waals surface area contributed by atoms with Crippen molar-refractivity contribution >= 4 is 23.3 Å². The van der Waals surface area contributed by atoms with Gasteiger partial charge in [-0.3, -0.25) is 4.79 Å². The number of ether oxygens (including phenoxy) is 1. The van der Waals surface area contributed by atoms with E-state index in [1.54, 1.807) is 24.3 Å². The van der Waals surface area contributed by atoms with Crippen molar-refractivity contribution in [3.63, 3.8) is 0 Å². The van der Waals surface area contributed by atoms with E-state index in [0.29, 0.717) is 24.9 Å². The number of aromatic nitrogens is 2. The first-order valence-corrected chi connectivity index (χ1v) is 9.02. The number of fused-ring (bicyclic) bond motifs is 1. The Bertz CT molecular complexity index is 740. The van der Waals surface area contributed by atoms with Crippen molar-refractivity contribution in [2.75, 3.05) is 13.2 Å². The van der Waals surface area contributed by atoms with E-state index in [9.17, 15) is 4.79 Å². The Hall–Kier alpha value is -1.99. The fourth-order valence-corrected chi connectivity index (χ4v) is 4.11. The van der Waals surface area contributed by atoms with E-state index in [0.717, 1.165) is 17.7 Å². The molecule has 0 bridgehead atoms. The zero-order chi connectivity index (χ0) is 16.5. The molecule has 0 radical (unpaired) electrons. The van der Waals surface area contributed by atoms with Crippen LogP contribution in [0.1, 0.15) is 35.4 Å². The molecule has 1 amide bonds. The van der Waals surface area contributed by atoms with Gasteiger partial charge in [0.1, 0.15) is 0 Å². The van der Waals surface area contributed by atoms with Gasteiger partial charge in [-0.05, 0) is 30.4 Å². The van der Waals surface area contributed by atoms with Gasteiger partial charge in [-0.2, -0.15) is 0 Å². The number of hydrogen-bond acceptors (Lipinski definition) is 6. The van der Waals surface area contributed by atoms with Gasteiger partial charge in [0.2, 0.25) is 17.7 Å². The number of aryl methyl sites for hydroxylation is 1. The molecule has 3 atom stereocenters. The molecule has 0 N–H and O–H groups in total. The second-order valence-electron chi connectivity index (χ2n) is 6.20. The Morgan fingerprint density at radius 1 is 1.46 bits per heavy atom. The standard InChI is InChI=1S/C17H19N3O3S/c1-11-18-19-17(23-11)12-9-15-14(6-7-22-15)20(10-12)16(21)5-4-13-3-2-8-24-13/h2-5,8,12,14-15H,6-7,9-10H2,1H3/b5-4+/t12-,14-,15-/m1/s1. The van der Waals surface area contributed by atoms with E-state index in [4.69, 9.17) is 9.15 Å². The van der Waals surface area contributed by atoms with Crippen LogP contribution in [0.2, 0.25) is 0 Å². The summed E-state index contributed by atoms with van der Waals surface area (Å²) in [4.78, 5) is 15.7. The van der Waals surface area contributed by atoms with Crippen LogP contribution in [0.15, 0.2) is 28.0 Å². The van der Waals surface area contributed by atoms with Gasteiger partial charge >= 0.3 is 0 Å². The second-order valence-corrected chi connectivity index (χ2v) is 7.18. The lowest BCUT2D eigenvalue weighted by molar-refractivity contribution is -0.132. The molecular formula is C17H19N3O3S. The summed E-state index contributed by atoms with van der Waals surface area (Å²) >= 11 is 1.62. The highest BCUT2D eigenvalue weighted by Crippen LogP contribution is 2.36. The monoisotopic (exact) mass is 345 g/mol. The predicted octanol–water partition coefficient (Wildman–Crippen LogP) is 2.63. The molecule has 6 nitrogen and oxygen atoms in total. The highest BCUT2D eigenvalue weighted by Gasteiger charge is 2.43. The molecule has 7 heteroatoms. The van der Waals surface area contributed by atoms with Crippen LogP contribution in [0.25, 0.3) is 6.08 Å². The zero-order valence-corrected chi connectivity index (χ0v) is 14.2. The zero-order valence-electron chi connectivity index (χ0n) is 13.4. The van der Waals surface area contributed by atoms with E-state index in [1.165, 1.54) is 0 Å². The lowest BCUT2D eigenvalue weighted by Crippen LogP contribution is -2.51. The van der Waals surface area contributed by atoms with E-state index in [2.05, 4.69) is 10.2 Å². The molecule has 2 fully saturated rings. The van der Waals surface area contributed by atoms with Gasteiger partial charge in [0.15, 0.2) is 0 Å². The van der Waals surface area contributed by atoms with Crippen molar-refractivity contribution in [3.8, 4) is 0 Å². The molecule has 126 valence electrons. The van der Waals surface area contributed by atoms with Crippen LogP contribution in [0.3, 0.4) is 0 Å². The molecule has 0 aliphatic carbocycles. The van der Waals surface area contributed by atoms with E-state index >= 15 is 0 Å². The first kappa shape index (κ1) is 15.5. The molecule has 0 saturated carbocycles. The molecule has 4 rings (SSSR count). The topological polar surface area (TPSA) is 68.5 Å². The molecule has 4 heterocycles. The normalized spacial score (nSPS) is 26.9. The summed E-state index contributed by atoms with van der Waals surface area (Å²) in [7, 11) is 0. The van der Waals surface area contributed by atoms with Crippen LogP contribution in [-0.2, 0) is 9.53 Å². The summed E-state index contributed by atoms with van der Waals surface area (Å²) in [5, 5.41) is 10.1. The smallest absolute Gasteiger partial charge is 0.246 e. The molecule has 2 aliphatic heterocycles. The molecule has 2 aromatic rings. The largest absolute Gasteiger partial charge is 0.425 e. The molecule has 0 spiro atoms. The van der Waals surface area contributed by atoms with Gasteiger partial charge in [0, 0.05) is 31.0 Å². The summed E-state index contributed by atoms with van der Waals surface area (Å²) in [5.74, 6) is 1.20. The fourth-order valence-electron chi connectivity index (χ4n) is 3.49. The first-order chi connectivity index (χ1) is 11.7. The Balaban J connectivity index is 1.54. The first-order valence-electron chi connectivity index (χ1n) is 8.14. The minimum Gasteiger partial charge on any atom is -0.425 e. The summed E-state index contributed by atoms with van der Waals surface area (Å²) in [6, 6.07) is 4.12. The number of thiophene rings is 1. The maximum Gasteiger partial charge on any atom is 0.246 e. The molecule has 0 unspecified atom stereocenters. The average Bonchev–Trinajstić information content (AvgIpc) is 3.32. The number of amides is 1.